The number of piperazine rings is 1. The number of nitrogens with one attached hydrogen (secondary N) is 2. The lowest BCUT2D eigenvalue weighted by Gasteiger charge is -2.36. The zero-order chi connectivity index (χ0) is 21.5. The van der Waals surface area contributed by atoms with Gasteiger partial charge < -0.3 is 20.3 Å². The summed E-state index contributed by atoms with van der Waals surface area (Å²) in [5.74, 6) is 2.68. The zero-order valence-corrected chi connectivity index (χ0v) is 18.4. The van der Waals surface area contributed by atoms with Gasteiger partial charge in [0, 0.05) is 44.2 Å². The van der Waals surface area contributed by atoms with E-state index in [0.717, 1.165) is 25.1 Å². The molecule has 1 aromatic rings. The number of nitrogens with two attached hydrogens (primary N) is 1. The fraction of sp³-hybridized carbons (Fsp3) is 0.800. The van der Waals surface area contributed by atoms with Crippen LogP contribution in [0.4, 0.5) is 16.4 Å². The largest absolute Gasteiger partial charge is 0.444 e. The Morgan fingerprint density at radius 3 is 2.57 bits per heavy atom. The van der Waals surface area contributed by atoms with Gasteiger partial charge in [-0.25, -0.2) is 9.78 Å². The second kappa shape index (κ2) is 8.14. The van der Waals surface area contributed by atoms with Crippen molar-refractivity contribution >= 4 is 17.7 Å². The molecule has 0 bridgehead atoms. The van der Waals surface area contributed by atoms with E-state index in [1.807, 2.05) is 20.8 Å². The Bertz CT molecular complexity index is 775. The third-order valence-electron chi connectivity index (χ3n) is 6.34. The van der Waals surface area contributed by atoms with Crippen LogP contribution in [-0.2, 0) is 4.74 Å². The minimum atomic E-state index is -0.495. The lowest BCUT2D eigenvalue weighted by atomic mass is 9.76. The van der Waals surface area contributed by atoms with Crippen LogP contribution in [0, 0.1) is 5.92 Å². The number of rotatable bonds is 2. The molecular formula is C20H34N8O2. The number of hydrazine groups is 1. The van der Waals surface area contributed by atoms with Crippen LogP contribution < -0.4 is 21.5 Å². The highest BCUT2D eigenvalue weighted by Gasteiger charge is 2.39. The molecule has 0 radical (unpaired) electrons. The molecule has 1 aromatic heterocycles. The number of fused-ring (bicyclic) bond motifs is 1. The number of nitrogen functional groups attached to an aromatic ring is 1. The van der Waals surface area contributed by atoms with Crippen molar-refractivity contribution in [1.29, 1.82) is 0 Å². The van der Waals surface area contributed by atoms with E-state index in [1.165, 1.54) is 0 Å². The van der Waals surface area contributed by atoms with Crippen molar-refractivity contribution in [2.75, 3.05) is 36.8 Å². The van der Waals surface area contributed by atoms with Crippen molar-refractivity contribution in [3.05, 3.63) is 5.82 Å². The second-order valence-electron chi connectivity index (χ2n) is 9.69. The van der Waals surface area contributed by atoms with E-state index < -0.39 is 5.60 Å². The fourth-order valence-electron chi connectivity index (χ4n) is 4.69. The van der Waals surface area contributed by atoms with Gasteiger partial charge in [0.25, 0.3) is 0 Å². The Morgan fingerprint density at radius 2 is 1.87 bits per heavy atom. The summed E-state index contributed by atoms with van der Waals surface area (Å²) in [7, 11) is 0. The van der Waals surface area contributed by atoms with E-state index in [4.69, 9.17) is 15.5 Å². The molecule has 10 heteroatoms. The first kappa shape index (κ1) is 21.0. The molecule has 0 spiro atoms. The molecule has 166 valence electrons. The third kappa shape index (κ3) is 4.44. The molecule has 3 heterocycles. The van der Waals surface area contributed by atoms with Crippen molar-refractivity contribution < 1.29 is 9.53 Å². The third-order valence-corrected chi connectivity index (χ3v) is 6.34. The van der Waals surface area contributed by atoms with Gasteiger partial charge in [0.1, 0.15) is 5.60 Å². The molecule has 2 saturated heterocycles. The van der Waals surface area contributed by atoms with E-state index in [0.29, 0.717) is 61.7 Å². The smallest absolute Gasteiger partial charge is 0.410 e. The van der Waals surface area contributed by atoms with E-state index in [2.05, 4.69) is 32.9 Å². The molecule has 10 nitrogen and oxygen atoms in total. The first-order chi connectivity index (χ1) is 14.2. The van der Waals surface area contributed by atoms with Gasteiger partial charge in [-0.05, 0) is 52.9 Å². The maximum Gasteiger partial charge on any atom is 0.410 e. The fourth-order valence-corrected chi connectivity index (χ4v) is 4.69. The predicted molar refractivity (Wildman–Crippen MR) is 114 cm³/mol. The van der Waals surface area contributed by atoms with Crippen molar-refractivity contribution in [2.45, 2.75) is 70.6 Å². The molecule has 4 atom stereocenters. The number of hydrogen-bond donors (Lipinski definition) is 3. The number of carbonyl (C=O) groups is 1. The average molecular weight is 419 g/mol. The van der Waals surface area contributed by atoms with E-state index >= 15 is 0 Å². The molecule has 1 saturated carbocycles. The van der Waals surface area contributed by atoms with E-state index in [1.54, 1.807) is 4.90 Å². The number of hydrogen-bond acceptors (Lipinski definition) is 9. The molecule has 4 N–H and O–H groups in total. The number of carbonyl (C=O) groups excluding carboxylic acids is 1. The summed E-state index contributed by atoms with van der Waals surface area (Å²) < 4.78 is 5.48. The van der Waals surface area contributed by atoms with Crippen LogP contribution in [-0.4, -0.2) is 70.0 Å². The summed E-state index contributed by atoms with van der Waals surface area (Å²) in [4.78, 5) is 21.0. The van der Waals surface area contributed by atoms with Crippen LogP contribution in [0.3, 0.4) is 0 Å². The van der Waals surface area contributed by atoms with Crippen LogP contribution in [0.1, 0.15) is 58.7 Å². The first-order valence-electron chi connectivity index (χ1n) is 11.0. The highest BCUT2D eigenvalue weighted by atomic mass is 16.6. The maximum atomic E-state index is 12.3. The standard InChI is InChI=1S/C20H34N8O2/c1-12-14-11-13(5-6-15(14)24-23-12)17-22-18(16(21)25-26-17)27-7-9-28(10-8-27)19(29)30-20(2,3)4/h12-15,23-24H,5-11H2,1-4H3,(H2,21,25). The van der Waals surface area contributed by atoms with E-state index in [-0.39, 0.29) is 6.09 Å². The Hall–Kier alpha value is -2.20. The molecule has 4 rings (SSSR count). The summed E-state index contributed by atoms with van der Waals surface area (Å²) >= 11 is 0. The number of nitrogens with zero attached hydrogens (tertiary/aromatic N) is 5. The zero-order valence-electron chi connectivity index (χ0n) is 18.4. The van der Waals surface area contributed by atoms with Gasteiger partial charge in [-0.15, -0.1) is 10.2 Å². The lowest BCUT2D eigenvalue weighted by Crippen LogP contribution is -2.50. The van der Waals surface area contributed by atoms with Gasteiger partial charge in [0.05, 0.1) is 0 Å². The number of ether oxygens (including phenoxy) is 1. The number of anilines is 2. The predicted octanol–water partition coefficient (Wildman–Crippen LogP) is 1.26. The van der Waals surface area contributed by atoms with Gasteiger partial charge in [-0.1, -0.05) is 0 Å². The highest BCUT2D eigenvalue weighted by Crippen LogP contribution is 2.38. The minimum absolute atomic E-state index is 0.277. The second-order valence-corrected chi connectivity index (χ2v) is 9.69. The molecular weight excluding hydrogens is 384 g/mol. The summed E-state index contributed by atoms with van der Waals surface area (Å²) in [5.41, 5.74) is 12.4. The molecule has 1 aliphatic carbocycles. The van der Waals surface area contributed by atoms with Gasteiger partial charge in [-0.2, -0.15) is 0 Å². The monoisotopic (exact) mass is 418 g/mol. The van der Waals surface area contributed by atoms with Crippen LogP contribution in [0.15, 0.2) is 0 Å². The topological polar surface area (TPSA) is 122 Å². The molecule has 30 heavy (non-hydrogen) atoms. The minimum Gasteiger partial charge on any atom is -0.444 e. The summed E-state index contributed by atoms with van der Waals surface area (Å²) in [6, 6.07) is 0.971. The van der Waals surface area contributed by atoms with Crippen LogP contribution in [0.25, 0.3) is 0 Å². The summed E-state index contributed by atoms with van der Waals surface area (Å²) in [6.07, 6.45) is 2.91. The normalized spacial score (nSPS) is 29.6. The molecule has 3 aliphatic rings. The molecule has 4 unspecified atom stereocenters. The van der Waals surface area contributed by atoms with Crippen LogP contribution in [0.5, 0.6) is 0 Å². The number of amides is 1. The van der Waals surface area contributed by atoms with Crippen LogP contribution >= 0.6 is 0 Å². The van der Waals surface area contributed by atoms with Crippen molar-refractivity contribution in [3.8, 4) is 0 Å². The molecule has 0 aromatic carbocycles. The molecule has 1 amide bonds. The van der Waals surface area contributed by atoms with Gasteiger partial charge in [0.2, 0.25) is 0 Å². The van der Waals surface area contributed by atoms with Gasteiger partial charge in [-0.3, -0.25) is 10.9 Å². The van der Waals surface area contributed by atoms with Crippen molar-refractivity contribution in [3.63, 3.8) is 0 Å². The van der Waals surface area contributed by atoms with Crippen molar-refractivity contribution in [2.24, 2.45) is 5.92 Å². The van der Waals surface area contributed by atoms with Crippen molar-refractivity contribution in [1.82, 2.24) is 30.9 Å². The molecule has 2 aliphatic heterocycles. The Morgan fingerprint density at radius 1 is 1.13 bits per heavy atom. The highest BCUT2D eigenvalue weighted by molar-refractivity contribution is 5.69. The van der Waals surface area contributed by atoms with Crippen LogP contribution in [0.2, 0.25) is 0 Å². The van der Waals surface area contributed by atoms with Gasteiger partial charge in [0.15, 0.2) is 17.5 Å². The van der Waals surface area contributed by atoms with E-state index in [9.17, 15) is 4.79 Å². The first-order valence-corrected chi connectivity index (χ1v) is 11.0. The quantitative estimate of drug-likeness (QED) is 0.651. The Kier molecular flexibility index (Phi) is 5.71. The summed E-state index contributed by atoms with van der Waals surface area (Å²) in [6.45, 7) is 10.3. The van der Waals surface area contributed by atoms with Gasteiger partial charge >= 0.3 is 6.09 Å². The number of aromatic nitrogens is 3. The maximum absolute atomic E-state index is 12.3. The lowest BCUT2D eigenvalue weighted by molar-refractivity contribution is 0.0240. The Labute approximate surface area is 177 Å². The molecule has 3 fully saturated rings. The average Bonchev–Trinajstić information content (AvgIpc) is 3.07. The SMILES string of the molecule is CC1NNC2CCC(c3nnc(N)c(N4CCN(C(=O)OC(C)(C)C)CC4)n3)CC12. The summed E-state index contributed by atoms with van der Waals surface area (Å²) in [5, 5.41) is 8.57. The Balaban J connectivity index is 1.41.